The van der Waals surface area contributed by atoms with Crippen LogP contribution in [0.1, 0.15) is 70.6 Å². The van der Waals surface area contributed by atoms with Crippen molar-refractivity contribution in [3.05, 3.63) is 0 Å². The van der Waals surface area contributed by atoms with E-state index in [-0.39, 0.29) is 30.9 Å². The molecule has 3 aliphatic rings. The number of hydrogen-bond donors (Lipinski definition) is 4. The van der Waals surface area contributed by atoms with Crippen LogP contribution in [0.4, 0.5) is 9.59 Å². The predicted octanol–water partition coefficient (Wildman–Crippen LogP) is 1.29. The Labute approximate surface area is 159 Å². The zero-order chi connectivity index (χ0) is 19.3. The van der Waals surface area contributed by atoms with E-state index < -0.39 is 17.5 Å². The van der Waals surface area contributed by atoms with Gasteiger partial charge in [-0.3, -0.25) is 15.0 Å². The van der Waals surface area contributed by atoms with Crippen molar-refractivity contribution in [2.75, 3.05) is 6.54 Å². The molecule has 1 aliphatic heterocycles. The summed E-state index contributed by atoms with van der Waals surface area (Å²) < 4.78 is 0. The smallest absolute Gasteiger partial charge is 0.338 e. The molecule has 1 heterocycles. The van der Waals surface area contributed by atoms with Gasteiger partial charge in [-0.2, -0.15) is 5.01 Å². The number of urea groups is 2. The minimum atomic E-state index is -0.860. The Bertz CT molecular complexity index is 597. The summed E-state index contributed by atoms with van der Waals surface area (Å²) in [5.41, 5.74) is 1.51. The third kappa shape index (κ3) is 4.70. The van der Waals surface area contributed by atoms with Crippen LogP contribution in [0.5, 0.6) is 0 Å². The largest absolute Gasteiger partial charge is 0.344 e. The van der Waals surface area contributed by atoms with Gasteiger partial charge in [0.05, 0.1) is 0 Å². The van der Waals surface area contributed by atoms with Crippen molar-refractivity contribution >= 4 is 23.9 Å². The standard InChI is InChI=1S/C18H29N5O4/c24-14(9-12-19-16(26)20-13-7-3-1-4-8-13)22-23-15(25)18(21-17(23)27)10-5-2-6-11-18/h13H,1-12H2,(H,21,27)(H,22,24)(H2,19,20,26). The minimum absolute atomic E-state index is 0.0118. The fourth-order valence-corrected chi connectivity index (χ4v) is 4.17. The highest BCUT2D eigenvalue weighted by Gasteiger charge is 2.52. The van der Waals surface area contributed by atoms with Gasteiger partial charge in [0.15, 0.2) is 0 Å². The highest BCUT2D eigenvalue weighted by atomic mass is 16.2. The number of carbonyl (C=O) groups excluding carboxylic acids is 4. The molecule has 27 heavy (non-hydrogen) atoms. The number of nitrogens with one attached hydrogen (secondary N) is 4. The molecule has 3 fully saturated rings. The third-order valence-electron chi connectivity index (χ3n) is 5.68. The summed E-state index contributed by atoms with van der Waals surface area (Å²) in [6.07, 6.45) is 9.45. The second kappa shape index (κ2) is 8.58. The molecule has 0 aromatic carbocycles. The molecule has 9 nitrogen and oxygen atoms in total. The van der Waals surface area contributed by atoms with E-state index in [0.717, 1.165) is 50.0 Å². The molecule has 0 unspecified atom stereocenters. The molecule has 2 aliphatic carbocycles. The van der Waals surface area contributed by atoms with Crippen LogP contribution in [0.2, 0.25) is 0 Å². The van der Waals surface area contributed by atoms with Crippen LogP contribution >= 0.6 is 0 Å². The lowest BCUT2D eigenvalue weighted by molar-refractivity contribution is -0.139. The first kappa shape index (κ1) is 19.4. The molecule has 2 saturated carbocycles. The van der Waals surface area contributed by atoms with Crippen molar-refractivity contribution in [3.63, 3.8) is 0 Å². The normalized spacial score (nSPS) is 22.4. The van der Waals surface area contributed by atoms with E-state index in [1.165, 1.54) is 6.42 Å². The van der Waals surface area contributed by atoms with Crippen molar-refractivity contribution in [1.29, 1.82) is 0 Å². The van der Waals surface area contributed by atoms with Crippen LogP contribution < -0.4 is 21.4 Å². The molecule has 4 N–H and O–H groups in total. The molecular weight excluding hydrogens is 350 g/mol. The number of hydrazine groups is 1. The SMILES string of the molecule is O=C(CCNC(=O)NC1CCCCC1)NN1C(=O)NC2(CCCCC2)C1=O. The van der Waals surface area contributed by atoms with Gasteiger partial charge in [-0.05, 0) is 25.7 Å². The Morgan fingerprint density at radius 2 is 1.70 bits per heavy atom. The van der Waals surface area contributed by atoms with E-state index >= 15 is 0 Å². The van der Waals surface area contributed by atoms with Crippen molar-refractivity contribution in [3.8, 4) is 0 Å². The Kier molecular flexibility index (Phi) is 6.18. The Balaban J connectivity index is 1.39. The average molecular weight is 379 g/mol. The highest BCUT2D eigenvalue weighted by molar-refractivity contribution is 6.08. The molecule has 6 amide bonds. The van der Waals surface area contributed by atoms with E-state index in [0.29, 0.717) is 12.8 Å². The zero-order valence-electron chi connectivity index (χ0n) is 15.6. The highest BCUT2D eigenvalue weighted by Crippen LogP contribution is 2.32. The summed E-state index contributed by atoms with van der Waals surface area (Å²) in [5, 5.41) is 9.08. The molecule has 0 bridgehead atoms. The molecule has 3 rings (SSSR count). The van der Waals surface area contributed by atoms with E-state index in [1.807, 2.05) is 0 Å². The van der Waals surface area contributed by atoms with Gasteiger partial charge in [0.2, 0.25) is 5.91 Å². The zero-order valence-corrected chi connectivity index (χ0v) is 15.6. The summed E-state index contributed by atoms with van der Waals surface area (Å²) in [4.78, 5) is 48.6. The topological polar surface area (TPSA) is 120 Å². The average Bonchev–Trinajstić information content (AvgIpc) is 2.87. The first-order chi connectivity index (χ1) is 13.0. The van der Waals surface area contributed by atoms with Crippen molar-refractivity contribution in [2.45, 2.75) is 82.2 Å². The van der Waals surface area contributed by atoms with E-state index in [4.69, 9.17) is 0 Å². The van der Waals surface area contributed by atoms with E-state index in [9.17, 15) is 19.2 Å². The number of imide groups is 1. The van der Waals surface area contributed by atoms with Gasteiger partial charge in [0.1, 0.15) is 5.54 Å². The van der Waals surface area contributed by atoms with Gasteiger partial charge < -0.3 is 16.0 Å². The first-order valence-electron chi connectivity index (χ1n) is 10.0. The number of amides is 6. The molecule has 1 saturated heterocycles. The third-order valence-corrected chi connectivity index (χ3v) is 5.68. The molecule has 9 heteroatoms. The van der Waals surface area contributed by atoms with Crippen molar-refractivity contribution < 1.29 is 19.2 Å². The van der Waals surface area contributed by atoms with Gasteiger partial charge >= 0.3 is 12.1 Å². The summed E-state index contributed by atoms with van der Waals surface area (Å²) in [7, 11) is 0. The van der Waals surface area contributed by atoms with Crippen molar-refractivity contribution in [2.24, 2.45) is 0 Å². The number of carbonyl (C=O) groups is 4. The lowest BCUT2D eigenvalue weighted by Gasteiger charge is -2.30. The van der Waals surface area contributed by atoms with Gasteiger partial charge in [-0.1, -0.05) is 38.5 Å². The number of nitrogens with zero attached hydrogens (tertiary/aromatic N) is 1. The second-order valence-corrected chi connectivity index (χ2v) is 7.73. The lowest BCUT2D eigenvalue weighted by atomic mass is 9.82. The molecular formula is C18H29N5O4. The van der Waals surface area contributed by atoms with Crippen LogP contribution in [0.15, 0.2) is 0 Å². The van der Waals surface area contributed by atoms with Gasteiger partial charge in [-0.25, -0.2) is 9.59 Å². The maximum atomic E-state index is 12.6. The summed E-state index contributed by atoms with van der Waals surface area (Å²) in [6, 6.07) is -0.672. The molecule has 0 aromatic rings. The van der Waals surface area contributed by atoms with E-state index in [1.54, 1.807) is 0 Å². The van der Waals surface area contributed by atoms with Gasteiger partial charge in [-0.15, -0.1) is 0 Å². The monoisotopic (exact) mass is 379 g/mol. The Morgan fingerprint density at radius 3 is 2.41 bits per heavy atom. The van der Waals surface area contributed by atoms with E-state index in [2.05, 4.69) is 21.4 Å². The molecule has 1 spiro atoms. The Hall–Kier alpha value is -2.32. The van der Waals surface area contributed by atoms with Crippen LogP contribution in [-0.4, -0.2) is 47.0 Å². The van der Waals surface area contributed by atoms with Crippen LogP contribution in [0.3, 0.4) is 0 Å². The summed E-state index contributed by atoms with van der Waals surface area (Å²) in [5.74, 6) is -0.868. The fraction of sp³-hybridized carbons (Fsp3) is 0.778. The Morgan fingerprint density at radius 1 is 1.04 bits per heavy atom. The van der Waals surface area contributed by atoms with Crippen LogP contribution in [0.25, 0.3) is 0 Å². The molecule has 0 atom stereocenters. The molecule has 0 aromatic heterocycles. The number of rotatable bonds is 5. The lowest BCUT2D eigenvalue weighted by Crippen LogP contribution is -2.51. The van der Waals surface area contributed by atoms with Crippen LogP contribution in [0, 0.1) is 0 Å². The molecule has 0 radical (unpaired) electrons. The van der Waals surface area contributed by atoms with Gasteiger partial charge in [0, 0.05) is 19.0 Å². The summed E-state index contributed by atoms with van der Waals surface area (Å²) >= 11 is 0. The predicted molar refractivity (Wildman–Crippen MR) is 97.4 cm³/mol. The second-order valence-electron chi connectivity index (χ2n) is 7.73. The van der Waals surface area contributed by atoms with Crippen LogP contribution in [-0.2, 0) is 9.59 Å². The maximum absolute atomic E-state index is 12.6. The summed E-state index contributed by atoms with van der Waals surface area (Å²) in [6.45, 7) is 0.138. The maximum Gasteiger partial charge on any atom is 0.344 e. The molecule has 150 valence electrons. The number of hydrogen-bond acceptors (Lipinski definition) is 4. The van der Waals surface area contributed by atoms with Gasteiger partial charge in [0.25, 0.3) is 5.91 Å². The fourth-order valence-electron chi connectivity index (χ4n) is 4.17. The minimum Gasteiger partial charge on any atom is -0.338 e. The quantitative estimate of drug-likeness (QED) is 0.538. The van der Waals surface area contributed by atoms with Crippen molar-refractivity contribution in [1.82, 2.24) is 26.4 Å². The first-order valence-corrected chi connectivity index (χ1v) is 10.0.